The molecule has 202 valence electrons. The number of aliphatic carboxylic acids is 1. The third-order valence-electron chi connectivity index (χ3n) is 4.20. The van der Waals surface area contributed by atoms with Gasteiger partial charge in [-0.2, -0.15) is 0 Å². The lowest BCUT2D eigenvalue weighted by atomic mass is 10.1. The van der Waals surface area contributed by atoms with E-state index in [2.05, 4.69) is 19.8 Å². The van der Waals surface area contributed by atoms with Gasteiger partial charge in [0.1, 0.15) is 25.6 Å². The minimum atomic E-state index is -1.90. The average molecular weight is 550 g/mol. The van der Waals surface area contributed by atoms with Crippen molar-refractivity contribution < 1.29 is 44.1 Å². The average Bonchev–Trinajstić information content (AvgIpc) is 2.79. The number of nitrogens with one attached hydrogen (secondary N) is 1. The van der Waals surface area contributed by atoms with Crippen molar-refractivity contribution in [2.45, 2.75) is 18.9 Å². The molecule has 0 heterocycles. The van der Waals surface area contributed by atoms with Crippen LogP contribution in [0.1, 0.15) is 11.1 Å². The Labute approximate surface area is 212 Å². The van der Waals surface area contributed by atoms with E-state index in [-0.39, 0.29) is 17.1 Å². The Morgan fingerprint density at radius 2 is 1.57 bits per heavy atom. The van der Waals surface area contributed by atoms with Gasteiger partial charge in [-0.25, -0.2) is 4.39 Å². The third kappa shape index (κ3) is 11.6. The molecule has 0 aliphatic carbocycles. The molecule has 2 rings (SSSR count). The number of carboxylic acid groups (broad SMARTS) is 1. The molecule has 0 aliphatic heterocycles. The number of benzene rings is 2. The zero-order chi connectivity index (χ0) is 28.2. The largest absolute Gasteiger partial charge is 0.481 e. The smallest absolute Gasteiger partial charge is 0.307 e. The van der Waals surface area contributed by atoms with Crippen molar-refractivity contribution in [1.29, 1.82) is 0 Å². The van der Waals surface area contributed by atoms with Gasteiger partial charge in [0.05, 0.1) is 22.7 Å². The zero-order valence-corrected chi connectivity index (χ0v) is 19.8. The molecule has 2 aromatic carbocycles. The number of rotatable bonds is 13. The molecule has 0 aliphatic rings. The minimum Gasteiger partial charge on any atom is -0.481 e. The molecule has 0 atom stereocenters. The van der Waals surface area contributed by atoms with Gasteiger partial charge in [0.15, 0.2) is 0 Å². The summed E-state index contributed by atoms with van der Waals surface area (Å²) in [5, 5.41) is 38.1. The van der Waals surface area contributed by atoms with Crippen molar-refractivity contribution in [2.75, 3.05) is 25.1 Å². The fourth-order valence-corrected chi connectivity index (χ4v) is 2.78. The van der Waals surface area contributed by atoms with Crippen LogP contribution < -0.4 is 11.1 Å². The van der Waals surface area contributed by atoms with Gasteiger partial charge in [-0.15, -0.1) is 30.3 Å². The van der Waals surface area contributed by atoms with Crippen LogP contribution in [0.3, 0.4) is 0 Å². The monoisotopic (exact) mass is 549 g/mol. The molecular weight excluding hydrogens is 529 g/mol. The van der Waals surface area contributed by atoms with Gasteiger partial charge in [0, 0.05) is 5.69 Å². The zero-order valence-electron chi connectivity index (χ0n) is 19.0. The summed E-state index contributed by atoms with van der Waals surface area (Å²) in [4.78, 5) is 52.2. The number of nitrogens with two attached hydrogens (primary N) is 1. The van der Waals surface area contributed by atoms with E-state index in [1.807, 2.05) is 13.0 Å². The highest BCUT2D eigenvalue weighted by Gasteiger charge is 2.30. The van der Waals surface area contributed by atoms with Crippen LogP contribution in [0, 0.1) is 43.1 Å². The molecule has 0 unspecified atom stereocenters. The second kappa shape index (κ2) is 14.1. The highest BCUT2D eigenvalue weighted by molar-refractivity contribution is 6.33. The summed E-state index contributed by atoms with van der Waals surface area (Å²) in [7, 11) is 0. The molecule has 37 heavy (non-hydrogen) atoms. The molecule has 0 saturated heterocycles. The standard InChI is InChI=1S/C15H13ClFNO2.C4H8N4O9/c1-9-5-6-13(10(7-9)8-14(19)20)18-15-11(16)3-2-4-12(15)17;5-4(1-15-6(9)10,2-16-7(11)12)3-17-8(13)14/h2-7,18H,8H2,1H3,(H,19,20);1-3,5H2. The Bertz CT molecular complexity index is 1070. The van der Waals surface area contributed by atoms with Gasteiger partial charge < -0.3 is 30.7 Å². The summed E-state index contributed by atoms with van der Waals surface area (Å²) in [5.74, 6) is -1.43. The topological polar surface area (TPSA) is 232 Å². The van der Waals surface area contributed by atoms with Gasteiger partial charge in [0.25, 0.3) is 15.3 Å². The number of nitrogens with zero attached hydrogens (tertiary/aromatic N) is 3. The van der Waals surface area contributed by atoms with Crippen LogP contribution in [0.25, 0.3) is 0 Å². The van der Waals surface area contributed by atoms with E-state index in [0.29, 0.717) is 11.3 Å². The second-order valence-corrected chi connectivity index (χ2v) is 7.71. The summed E-state index contributed by atoms with van der Waals surface area (Å²) in [6, 6.07) is 9.66. The first-order valence-corrected chi connectivity index (χ1v) is 10.2. The summed E-state index contributed by atoms with van der Waals surface area (Å²) in [6.45, 7) is -0.712. The van der Waals surface area contributed by atoms with Crippen LogP contribution in [0.2, 0.25) is 5.02 Å². The van der Waals surface area contributed by atoms with E-state index in [9.17, 15) is 39.5 Å². The molecule has 0 spiro atoms. The van der Waals surface area contributed by atoms with E-state index in [0.717, 1.165) is 5.56 Å². The van der Waals surface area contributed by atoms with Gasteiger partial charge in [-0.1, -0.05) is 35.4 Å². The van der Waals surface area contributed by atoms with E-state index >= 15 is 0 Å². The normalized spacial score (nSPS) is 10.4. The maximum Gasteiger partial charge on any atom is 0.307 e. The van der Waals surface area contributed by atoms with E-state index in [1.165, 1.54) is 12.1 Å². The Kier molecular flexibility index (Phi) is 11.7. The van der Waals surface area contributed by atoms with Crippen LogP contribution in [0.4, 0.5) is 15.8 Å². The number of anilines is 2. The van der Waals surface area contributed by atoms with Gasteiger partial charge >= 0.3 is 5.97 Å². The predicted molar refractivity (Wildman–Crippen MR) is 123 cm³/mol. The number of aryl methyl sites for hydroxylation is 1. The quantitative estimate of drug-likeness (QED) is 0.241. The van der Waals surface area contributed by atoms with Crippen molar-refractivity contribution in [2.24, 2.45) is 5.73 Å². The van der Waals surface area contributed by atoms with E-state index in [4.69, 9.17) is 22.4 Å². The summed E-state index contributed by atoms with van der Waals surface area (Å²) >= 11 is 5.95. The second-order valence-electron chi connectivity index (χ2n) is 7.31. The SMILES string of the molecule is Cc1ccc(Nc2c(F)cccc2Cl)c(CC(=O)O)c1.NC(CO[N+](=O)[O-])(CO[N+](=O)[O-])CO[N+](=O)[O-]. The summed E-state index contributed by atoms with van der Waals surface area (Å²) < 4.78 is 13.7. The molecule has 18 heteroatoms. The first-order chi connectivity index (χ1) is 17.2. The number of para-hydroxylation sites is 1. The Balaban J connectivity index is 0.000000377. The van der Waals surface area contributed by atoms with Crippen LogP contribution in [-0.2, 0) is 25.7 Å². The predicted octanol–water partition coefficient (Wildman–Crippen LogP) is 2.47. The van der Waals surface area contributed by atoms with Crippen molar-refractivity contribution in [1.82, 2.24) is 0 Å². The number of carbonyl (C=O) groups is 1. The Morgan fingerprint density at radius 1 is 1.05 bits per heavy atom. The number of carboxylic acids is 1. The molecule has 0 fully saturated rings. The fraction of sp³-hybridized carbons (Fsp3) is 0.316. The number of hydrogen-bond donors (Lipinski definition) is 3. The first-order valence-electron chi connectivity index (χ1n) is 9.85. The molecule has 0 saturated carbocycles. The van der Waals surface area contributed by atoms with Gasteiger partial charge in [-0.05, 0) is 30.7 Å². The van der Waals surface area contributed by atoms with Crippen LogP contribution in [0.15, 0.2) is 36.4 Å². The molecular formula is C19H21ClFN5O11. The lowest BCUT2D eigenvalue weighted by molar-refractivity contribution is -0.778. The molecule has 2 aromatic rings. The summed E-state index contributed by atoms with van der Waals surface area (Å²) in [5.41, 5.74) is 5.65. The molecule has 0 amide bonds. The lowest BCUT2D eigenvalue weighted by Gasteiger charge is -2.25. The van der Waals surface area contributed by atoms with E-state index in [1.54, 1.807) is 18.2 Å². The van der Waals surface area contributed by atoms with Crippen molar-refractivity contribution in [3.63, 3.8) is 0 Å². The van der Waals surface area contributed by atoms with Crippen LogP contribution >= 0.6 is 11.6 Å². The highest BCUT2D eigenvalue weighted by Crippen LogP contribution is 2.30. The maximum absolute atomic E-state index is 13.7. The fourth-order valence-electron chi connectivity index (χ4n) is 2.57. The molecule has 0 bridgehead atoms. The minimum absolute atomic E-state index is 0.143. The first kappa shape index (κ1) is 30.5. The van der Waals surface area contributed by atoms with Crippen molar-refractivity contribution in [3.05, 3.63) is 88.7 Å². The highest BCUT2D eigenvalue weighted by atomic mass is 35.5. The molecule has 16 nitrogen and oxygen atoms in total. The van der Waals surface area contributed by atoms with Crippen molar-refractivity contribution in [3.8, 4) is 0 Å². The number of halogens is 2. The third-order valence-corrected chi connectivity index (χ3v) is 4.51. The maximum atomic E-state index is 13.7. The van der Waals surface area contributed by atoms with Gasteiger partial charge in [0.2, 0.25) is 0 Å². The summed E-state index contributed by atoms with van der Waals surface area (Å²) in [6.07, 6.45) is -0.143. The van der Waals surface area contributed by atoms with Crippen molar-refractivity contribution >= 4 is 28.9 Å². The molecule has 0 radical (unpaired) electrons. The van der Waals surface area contributed by atoms with Gasteiger partial charge in [-0.3, -0.25) is 4.79 Å². The lowest BCUT2D eigenvalue weighted by Crippen LogP contribution is -2.54. The van der Waals surface area contributed by atoms with Crippen LogP contribution in [0.5, 0.6) is 0 Å². The Hall–Kier alpha value is -4.51. The molecule has 0 aromatic heterocycles. The van der Waals surface area contributed by atoms with E-state index < -0.39 is 52.4 Å². The molecule has 4 N–H and O–H groups in total. The Morgan fingerprint density at radius 3 is 2.00 bits per heavy atom. The van der Waals surface area contributed by atoms with Crippen LogP contribution in [-0.4, -0.2) is 51.7 Å². The number of hydrogen-bond acceptors (Lipinski definition) is 12.